The number of hydrogen-bond acceptors (Lipinski definition) is 6. The van der Waals surface area contributed by atoms with Crippen molar-refractivity contribution < 1.29 is 9.76 Å². The lowest BCUT2D eigenvalue weighted by atomic mass is 9.87. The molecule has 114 valence electrons. The summed E-state index contributed by atoms with van der Waals surface area (Å²) < 4.78 is 0. The minimum absolute atomic E-state index is 0.0365. The van der Waals surface area contributed by atoms with Crippen LogP contribution in [0.2, 0.25) is 0 Å². The number of nitro groups is 1. The molecule has 7 nitrogen and oxygen atoms in total. The van der Waals surface area contributed by atoms with Gasteiger partial charge in [0.05, 0.1) is 4.92 Å². The molecular formula is C15H16N4O3. The Kier molecular flexibility index (Phi) is 3.45. The summed E-state index contributed by atoms with van der Waals surface area (Å²) in [7, 11) is 0. The van der Waals surface area contributed by atoms with Crippen molar-refractivity contribution in [2.75, 3.05) is 18.0 Å². The van der Waals surface area contributed by atoms with Gasteiger partial charge in [-0.3, -0.25) is 10.1 Å². The predicted molar refractivity (Wildman–Crippen MR) is 81.8 cm³/mol. The van der Waals surface area contributed by atoms with Crippen molar-refractivity contribution in [3.8, 4) is 12.3 Å². The first kappa shape index (κ1) is 14.3. The number of piperidine rings is 1. The summed E-state index contributed by atoms with van der Waals surface area (Å²) in [6, 6.07) is 3.16. The number of terminal acetylenes is 1. The minimum Gasteiger partial charge on any atom is -0.388 e. The first-order chi connectivity index (χ1) is 10.5. The summed E-state index contributed by atoms with van der Waals surface area (Å²) in [5.41, 5.74) is 1.08. The molecule has 0 unspecified atom stereocenters. The van der Waals surface area contributed by atoms with Crippen molar-refractivity contribution >= 4 is 17.2 Å². The maximum Gasteiger partial charge on any atom is 0.311 e. The third kappa shape index (κ3) is 2.48. The van der Waals surface area contributed by atoms with E-state index in [0.717, 1.165) is 5.69 Å². The fourth-order valence-electron chi connectivity index (χ4n) is 2.90. The zero-order chi connectivity index (χ0) is 15.7. The van der Waals surface area contributed by atoms with Crippen LogP contribution in [0.4, 0.5) is 11.5 Å². The molecule has 0 bridgehead atoms. The van der Waals surface area contributed by atoms with Gasteiger partial charge in [-0.1, -0.05) is 11.1 Å². The van der Waals surface area contributed by atoms with Crippen molar-refractivity contribution in [2.45, 2.75) is 31.8 Å². The van der Waals surface area contributed by atoms with Crippen molar-refractivity contribution in [2.24, 2.45) is 5.16 Å². The van der Waals surface area contributed by atoms with Crippen LogP contribution in [-0.2, 0) is 4.84 Å². The summed E-state index contributed by atoms with van der Waals surface area (Å²) in [6.45, 7) is 3.08. The molecule has 1 fully saturated rings. The minimum atomic E-state index is -0.391. The quantitative estimate of drug-likeness (QED) is 0.474. The molecule has 0 radical (unpaired) electrons. The molecule has 3 heterocycles. The molecule has 1 spiro atoms. The number of rotatable bonds is 2. The Balaban J connectivity index is 1.77. The zero-order valence-corrected chi connectivity index (χ0v) is 12.3. The molecule has 0 atom stereocenters. The Bertz CT molecular complexity index is 685. The highest BCUT2D eigenvalue weighted by Gasteiger charge is 2.42. The Morgan fingerprint density at radius 2 is 2.18 bits per heavy atom. The lowest BCUT2D eigenvalue weighted by molar-refractivity contribution is -0.384. The molecule has 1 aromatic rings. The second-order valence-corrected chi connectivity index (χ2v) is 5.67. The van der Waals surface area contributed by atoms with Gasteiger partial charge in [-0.15, -0.1) is 6.42 Å². The van der Waals surface area contributed by atoms with E-state index in [2.05, 4.69) is 16.1 Å². The van der Waals surface area contributed by atoms with Crippen molar-refractivity contribution in [3.05, 3.63) is 27.9 Å². The number of oxime groups is 1. The predicted octanol–water partition coefficient (Wildman–Crippen LogP) is 2.05. The number of pyridine rings is 1. The van der Waals surface area contributed by atoms with E-state index in [0.29, 0.717) is 43.9 Å². The molecule has 0 N–H and O–H groups in total. The van der Waals surface area contributed by atoms with E-state index in [1.54, 1.807) is 6.07 Å². The normalized spacial score (nSPS) is 19.5. The Morgan fingerprint density at radius 3 is 2.77 bits per heavy atom. The van der Waals surface area contributed by atoms with Crippen LogP contribution in [0, 0.1) is 29.4 Å². The van der Waals surface area contributed by atoms with Crippen molar-refractivity contribution in [3.63, 3.8) is 0 Å². The summed E-state index contributed by atoms with van der Waals surface area (Å²) in [6.07, 6.45) is 7.43. The van der Waals surface area contributed by atoms with Gasteiger partial charge in [0.2, 0.25) is 5.82 Å². The van der Waals surface area contributed by atoms with Gasteiger partial charge in [0.15, 0.2) is 0 Å². The Morgan fingerprint density at radius 1 is 1.45 bits per heavy atom. The number of aromatic nitrogens is 1. The molecular weight excluding hydrogens is 284 g/mol. The summed E-state index contributed by atoms with van der Waals surface area (Å²) in [5, 5.41) is 15.1. The molecule has 22 heavy (non-hydrogen) atoms. The van der Waals surface area contributed by atoms with E-state index >= 15 is 0 Å². The standard InChI is InChI=1S/C15H16N4O3/c1-3-12-10-15(22-17-12)6-8-18(9-7-15)14-13(19(20)21)5-4-11(2)16-14/h1,4-5H,6-10H2,2H3. The van der Waals surface area contributed by atoms with Crippen LogP contribution in [-0.4, -0.2) is 34.3 Å². The van der Waals surface area contributed by atoms with E-state index < -0.39 is 4.92 Å². The zero-order valence-electron chi connectivity index (χ0n) is 12.3. The molecule has 1 saturated heterocycles. The number of hydrogen-bond donors (Lipinski definition) is 0. The molecule has 0 aliphatic carbocycles. The second-order valence-electron chi connectivity index (χ2n) is 5.67. The van der Waals surface area contributed by atoms with E-state index in [4.69, 9.17) is 11.3 Å². The van der Waals surface area contributed by atoms with Crippen LogP contribution in [0.3, 0.4) is 0 Å². The first-order valence-corrected chi connectivity index (χ1v) is 7.12. The molecule has 3 rings (SSSR count). The average molecular weight is 300 g/mol. The topological polar surface area (TPSA) is 80.9 Å². The van der Waals surface area contributed by atoms with Crippen molar-refractivity contribution in [1.82, 2.24) is 4.98 Å². The fraction of sp³-hybridized carbons (Fsp3) is 0.467. The smallest absolute Gasteiger partial charge is 0.311 e. The third-order valence-electron chi connectivity index (χ3n) is 4.17. The summed E-state index contributed by atoms with van der Waals surface area (Å²) in [4.78, 5) is 22.6. The Labute approximate surface area is 128 Å². The number of anilines is 1. The highest BCUT2D eigenvalue weighted by molar-refractivity contribution is 6.00. The highest BCUT2D eigenvalue weighted by Crippen LogP contribution is 2.37. The average Bonchev–Trinajstić information content (AvgIpc) is 2.91. The lowest BCUT2D eigenvalue weighted by Crippen LogP contribution is -2.45. The monoisotopic (exact) mass is 300 g/mol. The molecule has 0 amide bonds. The highest BCUT2D eigenvalue weighted by atomic mass is 16.7. The number of aryl methyl sites for hydroxylation is 1. The van der Waals surface area contributed by atoms with E-state index in [1.165, 1.54) is 6.07 Å². The van der Waals surface area contributed by atoms with Gasteiger partial charge < -0.3 is 9.74 Å². The number of nitrogens with zero attached hydrogens (tertiary/aromatic N) is 4. The van der Waals surface area contributed by atoms with Crippen LogP contribution in [0.1, 0.15) is 25.0 Å². The summed E-state index contributed by atoms with van der Waals surface area (Å²) in [5.74, 6) is 2.95. The van der Waals surface area contributed by atoms with Gasteiger partial charge in [-0.25, -0.2) is 4.98 Å². The van der Waals surface area contributed by atoms with Crippen LogP contribution in [0.5, 0.6) is 0 Å². The van der Waals surface area contributed by atoms with E-state index in [-0.39, 0.29) is 11.3 Å². The molecule has 0 saturated carbocycles. The SMILES string of the molecule is C#CC1=NOC2(CCN(c3nc(C)ccc3[N+](=O)[O-])CC2)C1. The van der Waals surface area contributed by atoms with Gasteiger partial charge in [-0.2, -0.15) is 0 Å². The van der Waals surface area contributed by atoms with Gasteiger partial charge in [0, 0.05) is 44.1 Å². The lowest BCUT2D eigenvalue weighted by Gasteiger charge is -2.37. The molecule has 1 aromatic heterocycles. The third-order valence-corrected chi connectivity index (χ3v) is 4.17. The summed E-state index contributed by atoms with van der Waals surface area (Å²) >= 11 is 0. The van der Waals surface area contributed by atoms with Crippen molar-refractivity contribution in [1.29, 1.82) is 0 Å². The van der Waals surface area contributed by atoms with E-state index in [9.17, 15) is 10.1 Å². The fourth-order valence-corrected chi connectivity index (χ4v) is 2.90. The van der Waals surface area contributed by atoms with E-state index in [1.807, 2.05) is 11.8 Å². The van der Waals surface area contributed by atoms with Gasteiger partial charge in [0.25, 0.3) is 0 Å². The van der Waals surface area contributed by atoms with Crippen LogP contribution in [0.25, 0.3) is 0 Å². The van der Waals surface area contributed by atoms with Crippen LogP contribution in [0.15, 0.2) is 17.3 Å². The van der Waals surface area contributed by atoms with Gasteiger partial charge in [0.1, 0.15) is 11.3 Å². The molecule has 7 heteroatoms. The Hall–Kier alpha value is -2.62. The van der Waals surface area contributed by atoms with Crippen LogP contribution >= 0.6 is 0 Å². The first-order valence-electron chi connectivity index (χ1n) is 7.12. The van der Waals surface area contributed by atoms with Gasteiger partial charge in [-0.05, 0) is 13.0 Å². The molecule has 2 aliphatic heterocycles. The molecule has 2 aliphatic rings. The van der Waals surface area contributed by atoms with Crippen LogP contribution < -0.4 is 4.90 Å². The largest absolute Gasteiger partial charge is 0.388 e. The van der Waals surface area contributed by atoms with Gasteiger partial charge >= 0.3 is 5.69 Å². The maximum absolute atomic E-state index is 11.2. The molecule has 0 aromatic carbocycles. The maximum atomic E-state index is 11.2. The second kappa shape index (κ2) is 5.30.